The molecule has 0 amide bonds. The number of nitrogens with one attached hydrogen (secondary N) is 1. The molecule has 3 nitrogen and oxygen atoms in total. The predicted molar refractivity (Wildman–Crippen MR) is 68.7 cm³/mol. The Labute approximate surface area is 102 Å². The molecule has 1 aliphatic rings. The summed E-state index contributed by atoms with van der Waals surface area (Å²) in [5, 5.41) is 3.27. The average Bonchev–Trinajstić information content (AvgIpc) is 2.83. The maximum atomic E-state index is 12.4. The number of nitrogens with two attached hydrogens (primary N) is 1. The molecular weight excluding hydrogens is 212 g/mol. The zero-order valence-electron chi connectivity index (χ0n) is 10.5. The number of ketones is 1. The van der Waals surface area contributed by atoms with Crippen LogP contribution in [-0.2, 0) is 13.1 Å². The summed E-state index contributed by atoms with van der Waals surface area (Å²) in [6, 6.07) is 5.53. The number of hydrogen-bond donors (Lipinski definition) is 2. The lowest BCUT2D eigenvalue weighted by Crippen LogP contribution is -2.37. The van der Waals surface area contributed by atoms with E-state index in [0.29, 0.717) is 0 Å². The molecule has 1 aliphatic heterocycles. The number of carbonyl (C=O) groups excluding carboxylic acids is 1. The minimum atomic E-state index is -0.382. The van der Waals surface area contributed by atoms with Gasteiger partial charge in [-0.15, -0.1) is 0 Å². The third kappa shape index (κ3) is 2.26. The third-order valence-electron chi connectivity index (χ3n) is 3.72. The Hall–Kier alpha value is -1.19. The van der Waals surface area contributed by atoms with Gasteiger partial charge in [0.1, 0.15) is 0 Å². The Morgan fingerprint density at radius 2 is 2.24 bits per heavy atom. The normalized spacial score (nSPS) is 17.6. The van der Waals surface area contributed by atoms with Gasteiger partial charge in [-0.1, -0.05) is 38.5 Å². The zero-order valence-corrected chi connectivity index (χ0v) is 10.5. The Morgan fingerprint density at radius 1 is 1.47 bits per heavy atom. The molecule has 2 atom stereocenters. The Balaban J connectivity index is 2.29. The fraction of sp³-hybridized carbons (Fsp3) is 0.500. The van der Waals surface area contributed by atoms with Gasteiger partial charge in [0.2, 0.25) is 0 Å². The van der Waals surface area contributed by atoms with Gasteiger partial charge in [-0.05, 0) is 17.0 Å². The molecule has 0 radical (unpaired) electrons. The molecule has 17 heavy (non-hydrogen) atoms. The molecule has 0 unspecified atom stereocenters. The van der Waals surface area contributed by atoms with Crippen LogP contribution in [0.2, 0.25) is 0 Å². The molecule has 0 bridgehead atoms. The predicted octanol–water partition coefficient (Wildman–Crippen LogP) is 1.85. The van der Waals surface area contributed by atoms with Gasteiger partial charge in [0.05, 0.1) is 6.04 Å². The molecule has 0 saturated heterocycles. The molecule has 92 valence electrons. The standard InChI is InChI=1S/C14H20N2O/c1-3-9(2)13(15)14(17)11-6-4-5-10-7-16-8-12(10)11/h4-6,9,13,16H,3,7-8,15H2,1-2H3/t9-,13-/m0/s1. The fourth-order valence-corrected chi connectivity index (χ4v) is 2.25. The molecule has 1 heterocycles. The first-order valence-corrected chi connectivity index (χ1v) is 6.26. The number of Topliss-reactive ketones (excluding diaryl/α,β-unsaturated/α-hetero) is 1. The largest absolute Gasteiger partial charge is 0.321 e. The Kier molecular flexibility index (Phi) is 3.60. The zero-order chi connectivity index (χ0) is 12.4. The maximum absolute atomic E-state index is 12.4. The lowest BCUT2D eigenvalue weighted by molar-refractivity contribution is 0.0934. The van der Waals surface area contributed by atoms with Gasteiger partial charge >= 0.3 is 0 Å². The van der Waals surface area contributed by atoms with Crippen LogP contribution < -0.4 is 11.1 Å². The van der Waals surface area contributed by atoms with Crippen molar-refractivity contribution in [3.63, 3.8) is 0 Å². The van der Waals surface area contributed by atoms with Crippen molar-refractivity contribution in [1.82, 2.24) is 5.32 Å². The highest BCUT2D eigenvalue weighted by atomic mass is 16.1. The summed E-state index contributed by atoms with van der Waals surface area (Å²) in [5.74, 6) is 0.313. The lowest BCUT2D eigenvalue weighted by Gasteiger charge is -2.18. The van der Waals surface area contributed by atoms with Crippen molar-refractivity contribution in [2.24, 2.45) is 11.7 Å². The smallest absolute Gasteiger partial charge is 0.180 e. The molecule has 1 aromatic carbocycles. The average molecular weight is 232 g/mol. The van der Waals surface area contributed by atoms with E-state index in [1.807, 2.05) is 19.1 Å². The maximum Gasteiger partial charge on any atom is 0.180 e. The van der Waals surface area contributed by atoms with E-state index in [1.54, 1.807) is 0 Å². The molecule has 3 N–H and O–H groups in total. The van der Waals surface area contributed by atoms with E-state index in [9.17, 15) is 4.79 Å². The quantitative estimate of drug-likeness (QED) is 0.779. The van der Waals surface area contributed by atoms with E-state index in [0.717, 1.165) is 30.6 Å². The van der Waals surface area contributed by atoms with Gasteiger partial charge in [-0.3, -0.25) is 4.79 Å². The second-order valence-electron chi connectivity index (χ2n) is 4.82. The summed E-state index contributed by atoms with van der Waals surface area (Å²) in [5.41, 5.74) is 9.20. The van der Waals surface area contributed by atoms with Gasteiger partial charge < -0.3 is 11.1 Å². The van der Waals surface area contributed by atoms with Crippen LogP contribution >= 0.6 is 0 Å². The van der Waals surface area contributed by atoms with Crippen molar-refractivity contribution >= 4 is 5.78 Å². The van der Waals surface area contributed by atoms with Gasteiger partial charge in [0, 0.05) is 18.7 Å². The van der Waals surface area contributed by atoms with Crippen LogP contribution in [0.1, 0.15) is 41.8 Å². The summed E-state index contributed by atoms with van der Waals surface area (Å²) in [6.45, 7) is 5.73. The summed E-state index contributed by atoms with van der Waals surface area (Å²) >= 11 is 0. The van der Waals surface area contributed by atoms with E-state index < -0.39 is 0 Å². The lowest BCUT2D eigenvalue weighted by atomic mass is 9.89. The summed E-state index contributed by atoms with van der Waals surface area (Å²) in [7, 11) is 0. The van der Waals surface area contributed by atoms with Gasteiger partial charge in [0.25, 0.3) is 0 Å². The topological polar surface area (TPSA) is 55.1 Å². The van der Waals surface area contributed by atoms with E-state index in [1.165, 1.54) is 5.56 Å². The second-order valence-corrected chi connectivity index (χ2v) is 4.82. The molecule has 0 spiro atoms. The molecule has 1 aromatic rings. The number of carbonyl (C=O) groups is 1. The highest BCUT2D eigenvalue weighted by Crippen LogP contribution is 2.22. The minimum Gasteiger partial charge on any atom is -0.321 e. The molecule has 0 fully saturated rings. The van der Waals surface area contributed by atoms with Crippen molar-refractivity contribution in [3.05, 3.63) is 34.9 Å². The van der Waals surface area contributed by atoms with Crippen LogP contribution in [0.3, 0.4) is 0 Å². The van der Waals surface area contributed by atoms with Crippen molar-refractivity contribution < 1.29 is 4.79 Å². The molecule has 0 aromatic heterocycles. The molecule has 0 aliphatic carbocycles. The molecule has 3 heteroatoms. The second kappa shape index (κ2) is 4.98. The highest BCUT2D eigenvalue weighted by Gasteiger charge is 2.25. The highest BCUT2D eigenvalue weighted by molar-refractivity contribution is 6.01. The molecular formula is C14H20N2O. The van der Waals surface area contributed by atoms with Crippen molar-refractivity contribution in [3.8, 4) is 0 Å². The van der Waals surface area contributed by atoms with E-state index in [4.69, 9.17) is 5.73 Å². The fourth-order valence-electron chi connectivity index (χ4n) is 2.25. The Morgan fingerprint density at radius 3 is 2.94 bits per heavy atom. The van der Waals surface area contributed by atoms with Crippen LogP contribution in [0.25, 0.3) is 0 Å². The first kappa shape index (κ1) is 12.3. The van der Waals surface area contributed by atoms with E-state index >= 15 is 0 Å². The number of fused-ring (bicyclic) bond motifs is 1. The Bertz CT molecular complexity index is 428. The van der Waals surface area contributed by atoms with Crippen LogP contribution in [0.5, 0.6) is 0 Å². The first-order valence-electron chi connectivity index (χ1n) is 6.26. The van der Waals surface area contributed by atoms with Crippen molar-refractivity contribution in [2.45, 2.75) is 39.4 Å². The first-order chi connectivity index (χ1) is 8.15. The van der Waals surface area contributed by atoms with Gasteiger partial charge in [0.15, 0.2) is 5.78 Å². The van der Waals surface area contributed by atoms with Crippen LogP contribution in [-0.4, -0.2) is 11.8 Å². The summed E-state index contributed by atoms with van der Waals surface area (Å²) in [4.78, 5) is 12.4. The minimum absolute atomic E-state index is 0.0832. The van der Waals surface area contributed by atoms with Gasteiger partial charge in [-0.2, -0.15) is 0 Å². The van der Waals surface area contributed by atoms with Crippen LogP contribution in [0.15, 0.2) is 18.2 Å². The van der Waals surface area contributed by atoms with Crippen molar-refractivity contribution in [1.29, 1.82) is 0 Å². The van der Waals surface area contributed by atoms with E-state index in [-0.39, 0.29) is 17.7 Å². The molecule has 0 saturated carbocycles. The van der Waals surface area contributed by atoms with Crippen LogP contribution in [0.4, 0.5) is 0 Å². The van der Waals surface area contributed by atoms with Crippen LogP contribution in [0, 0.1) is 5.92 Å². The number of benzene rings is 1. The van der Waals surface area contributed by atoms with Crippen molar-refractivity contribution in [2.75, 3.05) is 0 Å². The summed E-state index contributed by atoms with van der Waals surface area (Å²) < 4.78 is 0. The van der Waals surface area contributed by atoms with E-state index in [2.05, 4.69) is 18.3 Å². The third-order valence-corrected chi connectivity index (χ3v) is 3.72. The monoisotopic (exact) mass is 232 g/mol. The molecule has 2 rings (SSSR count). The number of hydrogen-bond acceptors (Lipinski definition) is 3. The van der Waals surface area contributed by atoms with Gasteiger partial charge in [-0.25, -0.2) is 0 Å². The number of rotatable bonds is 4. The summed E-state index contributed by atoms with van der Waals surface area (Å²) in [6.07, 6.45) is 0.931. The SMILES string of the molecule is CC[C@H](C)[C@H](N)C(=O)c1cccc2c1CNC2.